The molecule has 120 valence electrons. The van der Waals surface area contributed by atoms with Crippen molar-refractivity contribution in [2.75, 3.05) is 11.9 Å². The van der Waals surface area contributed by atoms with Crippen molar-refractivity contribution < 1.29 is 14.7 Å². The number of carboxylic acids is 1. The van der Waals surface area contributed by atoms with Gasteiger partial charge in [-0.05, 0) is 35.2 Å². The zero-order valence-electron chi connectivity index (χ0n) is 13.7. The summed E-state index contributed by atoms with van der Waals surface area (Å²) in [4.78, 5) is 28.9. The fraction of sp³-hybridized carbons (Fsp3) is 0.278. The van der Waals surface area contributed by atoms with Crippen LogP contribution in [0, 0.1) is 0 Å². The molecule has 0 aliphatic carbocycles. The van der Waals surface area contributed by atoms with E-state index in [1.807, 2.05) is 24.3 Å². The van der Waals surface area contributed by atoms with Crippen molar-refractivity contribution in [3.05, 3.63) is 59.4 Å². The zero-order valence-corrected chi connectivity index (χ0v) is 13.7. The predicted octanol–water partition coefficient (Wildman–Crippen LogP) is 3.35. The highest BCUT2D eigenvalue weighted by Gasteiger charge is 2.18. The molecule has 1 aromatic heterocycles. The Hall–Kier alpha value is -2.69. The summed E-state index contributed by atoms with van der Waals surface area (Å²) >= 11 is 0. The summed E-state index contributed by atoms with van der Waals surface area (Å²) in [6.45, 7) is 6.37. The summed E-state index contributed by atoms with van der Waals surface area (Å²) in [5.74, 6) is -1.43. The molecule has 1 amide bonds. The van der Waals surface area contributed by atoms with Gasteiger partial charge in [0, 0.05) is 18.9 Å². The number of aromatic nitrogens is 1. The highest BCUT2D eigenvalue weighted by atomic mass is 16.4. The minimum atomic E-state index is -1.08. The number of pyridine rings is 1. The minimum Gasteiger partial charge on any atom is -0.478 e. The normalized spacial score (nSPS) is 11.1. The van der Waals surface area contributed by atoms with E-state index in [2.05, 4.69) is 25.8 Å². The van der Waals surface area contributed by atoms with Crippen LogP contribution in [0.4, 0.5) is 5.69 Å². The predicted molar refractivity (Wildman–Crippen MR) is 89.1 cm³/mol. The van der Waals surface area contributed by atoms with Gasteiger partial charge >= 0.3 is 5.97 Å². The molecule has 23 heavy (non-hydrogen) atoms. The average molecular weight is 312 g/mol. The molecule has 0 aliphatic heterocycles. The van der Waals surface area contributed by atoms with E-state index >= 15 is 0 Å². The Labute approximate surface area is 135 Å². The molecule has 1 N–H and O–H groups in total. The molecule has 5 heteroatoms. The van der Waals surface area contributed by atoms with E-state index in [9.17, 15) is 9.59 Å². The Morgan fingerprint density at radius 1 is 1.09 bits per heavy atom. The molecular formula is C18H20N2O3. The van der Waals surface area contributed by atoms with Crippen LogP contribution >= 0.6 is 0 Å². The number of aromatic carboxylic acids is 1. The first-order chi connectivity index (χ1) is 10.7. The van der Waals surface area contributed by atoms with Gasteiger partial charge in [0.2, 0.25) is 0 Å². The van der Waals surface area contributed by atoms with Crippen LogP contribution in [0.5, 0.6) is 0 Å². The van der Waals surface area contributed by atoms with E-state index in [1.54, 1.807) is 7.05 Å². The molecule has 0 atom stereocenters. The van der Waals surface area contributed by atoms with Crippen LogP contribution in [0.25, 0.3) is 0 Å². The molecule has 0 bridgehead atoms. The van der Waals surface area contributed by atoms with Crippen LogP contribution in [0.15, 0.2) is 42.6 Å². The second kappa shape index (κ2) is 6.20. The highest BCUT2D eigenvalue weighted by Crippen LogP contribution is 2.25. The second-order valence-corrected chi connectivity index (χ2v) is 6.40. The first-order valence-corrected chi connectivity index (χ1v) is 7.28. The maximum absolute atomic E-state index is 12.5. The molecule has 1 heterocycles. The van der Waals surface area contributed by atoms with E-state index in [0.29, 0.717) is 0 Å². The monoisotopic (exact) mass is 312 g/mol. The molecule has 0 spiro atoms. The largest absolute Gasteiger partial charge is 0.478 e. The molecule has 0 aliphatic rings. The van der Waals surface area contributed by atoms with E-state index in [4.69, 9.17) is 5.11 Å². The highest BCUT2D eigenvalue weighted by molar-refractivity contribution is 6.05. The number of hydrogen-bond donors (Lipinski definition) is 1. The summed E-state index contributed by atoms with van der Waals surface area (Å²) in [5, 5.41) is 9.00. The minimum absolute atomic E-state index is 0.0402. The van der Waals surface area contributed by atoms with Gasteiger partial charge in [0.15, 0.2) is 0 Å². The molecule has 0 saturated heterocycles. The number of rotatable bonds is 3. The van der Waals surface area contributed by atoms with Crippen LogP contribution in [0.3, 0.4) is 0 Å². The van der Waals surface area contributed by atoms with Crippen molar-refractivity contribution in [2.24, 2.45) is 0 Å². The molecular weight excluding hydrogens is 292 g/mol. The van der Waals surface area contributed by atoms with Crippen molar-refractivity contribution in [2.45, 2.75) is 26.2 Å². The third-order valence-electron chi connectivity index (χ3n) is 3.65. The van der Waals surface area contributed by atoms with Gasteiger partial charge in [0.25, 0.3) is 5.91 Å². The topological polar surface area (TPSA) is 70.5 Å². The lowest BCUT2D eigenvalue weighted by Gasteiger charge is -2.21. The standard InChI is InChI=1S/C18H20N2O3/c1-18(2,3)13-5-7-14(8-6-13)20(4)16(21)15-11-12(17(22)23)9-10-19-15/h5-11H,1-4H3,(H,22,23). The van der Waals surface area contributed by atoms with Crippen molar-refractivity contribution in [1.29, 1.82) is 0 Å². The average Bonchev–Trinajstić information content (AvgIpc) is 2.53. The Bertz CT molecular complexity index is 731. The number of amides is 1. The van der Waals surface area contributed by atoms with Crippen LogP contribution in [-0.4, -0.2) is 29.0 Å². The van der Waals surface area contributed by atoms with Gasteiger partial charge in [0.1, 0.15) is 5.69 Å². The summed E-state index contributed by atoms with van der Waals surface area (Å²) in [7, 11) is 1.64. The van der Waals surface area contributed by atoms with Crippen molar-refractivity contribution in [3.63, 3.8) is 0 Å². The maximum atomic E-state index is 12.5. The Morgan fingerprint density at radius 2 is 1.70 bits per heavy atom. The number of carbonyl (C=O) groups excluding carboxylic acids is 1. The zero-order chi connectivity index (χ0) is 17.2. The van der Waals surface area contributed by atoms with Gasteiger partial charge in [-0.3, -0.25) is 9.78 Å². The molecule has 2 rings (SSSR count). The molecule has 5 nitrogen and oxygen atoms in total. The summed E-state index contributed by atoms with van der Waals surface area (Å²) in [5.41, 5.74) is 2.09. The lowest BCUT2D eigenvalue weighted by molar-refractivity contribution is 0.0696. The van der Waals surface area contributed by atoms with Crippen molar-refractivity contribution in [1.82, 2.24) is 4.98 Å². The molecule has 0 saturated carbocycles. The third-order valence-corrected chi connectivity index (χ3v) is 3.65. The molecule has 0 fully saturated rings. The summed E-state index contributed by atoms with van der Waals surface area (Å²) < 4.78 is 0. The van der Waals surface area contributed by atoms with E-state index in [0.717, 1.165) is 5.69 Å². The molecule has 2 aromatic rings. The summed E-state index contributed by atoms with van der Waals surface area (Å²) in [6.07, 6.45) is 1.33. The van der Waals surface area contributed by atoms with Gasteiger partial charge < -0.3 is 10.0 Å². The first kappa shape index (κ1) is 16.7. The van der Waals surface area contributed by atoms with Crippen LogP contribution in [0.2, 0.25) is 0 Å². The van der Waals surface area contributed by atoms with Crippen LogP contribution in [-0.2, 0) is 5.41 Å². The second-order valence-electron chi connectivity index (χ2n) is 6.40. The van der Waals surface area contributed by atoms with Gasteiger partial charge in [-0.1, -0.05) is 32.9 Å². The Kier molecular flexibility index (Phi) is 4.50. The number of benzene rings is 1. The Balaban J connectivity index is 2.26. The van der Waals surface area contributed by atoms with E-state index < -0.39 is 5.97 Å². The van der Waals surface area contributed by atoms with Gasteiger partial charge in [-0.15, -0.1) is 0 Å². The smallest absolute Gasteiger partial charge is 0.335 e. The first-order valence-electron chi connectivity index (χ1n) is 7.28. The molecule has 0 unspecified atom stereocenters. The van der Waals surface area contributed by atoms with Crippen molar-refractivity contribution in [3.8, 4) is 0 Å². The van der Waals surface area contributed by atoms with Crippen LogP contribution in [0.1, 0.15) is 47.2 Å². The SMILES string of the molecule is CN(C(=O)c1cc(C(=O)O)ccn1)c1ccc(C(C)(C)C)cc1. The van der Waals surface area contributed by atoms with Crippen LogP contribution < -0.4 is 4.90 Å². The molecule has 0 radical (unpaired) electrons. The number of hydrogen-bond acceptors (Lipinski definition) is 3. The number of carboxylic acid groups (broad SMARTS) is 1. The Morgan fingerprint density at radius 3 is 2.22 bits per heavy atom. The lowest BCUT2D eigenvalue weighted by Crippen LogP contribution is -2.27. The third kappa shape index (κ3) is 3.74. The fourth-order valence-corrected chi connectivity index (χ4v) is 2.15. The van der Waals surface area contributed by atoms with E-state index in [1.165, 1.54) is 28.8 Å². The number of carbonyl (C=O) groups is 2. The number of anilines is 1. The van der Waals surface area contributed by atoms with E-state index in [-0.39, 0.29) is 22.6 Å². The van der Waals surface area contributed by atoms with Gasteiger partial charge in [-0.2, -0.15) is 0 Å². The number of nitrogens with zero attached hydrogens (tertiary/aromatic N) is 2. The lowest BCUT2D eigenvalue weighted by atomic mass is 9.87. The summed E-state index contributed by atoms with van der Waals surface area (Å²) in [6, 6.07) is 10.4. The van der Waals surface area contributed by atoms with Gasteiger partial charge in [-0.25, -0.2) is 4.79 Å². The fourth-order valence-electron chi connectivity index (χ4n) is 2.15. The molecule has 1 aromatic carbocycles. The quantitative estimate of drug-likeness (QED) is 0.943. The van der Waals surface area contributed by atoms with Crippen molar-refractivity contribution >= 4 is 17.6 Å². The van der Waals surface area contributed by atoms with Gasteiger partial charge in [0.05, 0.1) is 5.56 Å². The maximum Gasteiger partial charge on any atom is 0.335 e.